The molecule has 132 valence electrons. The molecule has 25 heavy (non-hydrogen) atoms. The number of aromatic hydroxyl groups is 2. The van der Waals surface area contributed by atoms with Crippen LogP contribution in [0.15, 0.2) is 41.5 Å². The van der Waals surface area contributed by atoms with Crippen LogP contribution in [0.5, 0.6) is 17.2 Å². The van der Waals surface area contributed by atoms with Gasteiger partial charge in [-0.25, -0.2) is 5.43 Å². The molecular weight excluding hydrogens is 344 g/mol. The zero-order valence-corrected chi connectivity index (χ0v) is 14.5. The Balaban J connectivity index is 1.70. The van der Waals surface area contributed by atoms with Crippen molar-refractivity contribution >= 4 is 23.7 Å². The maximum Gasteiger partial charge on any atom is 0.240 e. The molecule has 0 unspecified atom stereocenters. The Bertz CT molecular complexity index is 778. The Morgan fingerprint density at radius 2 is 2.04 bits per heavy atom. The van der Waals surface area contributed by atoms with Crippen molar-refractivity contribution in [2.45, 2.75) is 19.8 Å². The Morgan fingerprint density at radius 1 is 1.24 bits per heavy atom. The van der Waals surface area contributed by atoms with E-state index in [-0.39, 0.29) is 23.8 Å². The van der Waals surface area contributed by atoms with Gasteiger partial charge in [0.05, 0.1) is 12.8 Å². The molecule has 6 nitrogen and oxygen atoms in total. The summed E-state index contributed by atoms with van der Waals surface area (Å²) in [5.74, 6) is 0.0488. The second-order valence-corrected chi connectivity index (χ2v) is 5.84. The molecular formula is C18H19ClN2O4. The van der Waals surface area contributed by atoms with E-state index in [1.165, 1.54) is 18.3 Å². The predicted octanol–water partition coefficient (Wildman–Crippen LogP) is 3.37. The number of rotatable bonds is 7. The van der Waals surface area contributed by atoms with Crippen molar-refractivity contribution in [3.8, 4) is 17.2 Å². The zero-order chi connectivity index (χ0) is 18.2. The van der Waals surface area contributed by atoms with Crippen molar-refractivity contribution in [1.82, 2.24) is 5.43 Å². The van der Waals surface area contributed by atoms with Crippen LogP contribution in [-0.2, 0) is 4.79 Å². The largest absolute Gasteiger partial charge is 0.504 e. The van der Waals surface area contributed by atoms with Gasteiger partial charge in [0.2, 0.25) is 5.91 Å². The first-order chi connectivity index (χ1) is 12.0. The summed E-state index contributed by atoms with van der Waals surface area (Å²) in [6, 6.07) is 9.62. The minimum absolute atomic E-state index is 0.211. The molecule has 0 aliphatic rings. The molecule has 0 aliphatic carbocycles. The SMILES string of the molecule is Cc1cc(Cl)ccc1OCCCC(=O)N/N=C/c1ccc(O)c(O)c1. The van der Waals surface area contributed by atoms with Crippen LogP contribution < -0.4 is 10.2 Å². The van der Waals surface area contributed by atoms with Gasteiger partial charge in [0.25, 0.3) is 0 Å². The topological polar surface area (TPSA) is 91.2 Å². The van der Waals surface area contributed by atoms with E-state index in [1.807, 2.05) is 13.0 Å². The summed E-state index contributed by atoms with van der Waals surface area (Å²) in [5, 5.41) is 23.0. The van der Waals surface area contributed by atoms with E-state index in [2.05, 4.69) is 10.5 Å². The Morgan fingerprint density at radius 3 is 2.76 bits per heavy atom. The lowest BCUT2D eigenvalue weighted by atomic mass is 10.2. The molecule has 7 heteroatoms. The number of phenolic OH excluding ortho intramolecular Hbond substituents is 2. The molecule has 1 amide bonds. The number of amides is 1. The van der Waals surface area contributed by atoms with Crippen molar-refractivity contribution in [3.05, 3.63) is 52.5 Å². The molecule has 0 aromatic heterocycles. The van der Waals surface area contributed by atoms with Gasteiger partial charge in [0, 0.05) is 11.4 Å². The number of nitrogens with zero attached hydrogens (tertiary/aromatic N) is 1. The maximum absolute atomic E-state index is 11.7. The molecule has 0 atom stereocenters. The van der Waals surface area contributed by atoms with Crippen molar-refractivity contribution in [3.63, 3.8) is 0 Å². The third kappa shape index (κ3) is 6.00. The van der Waals surface area contributed by atoms with E-state index < -0.39 is 0 Å². The van der Waals surface area contributed by atoms with E-state index in [0.717, 1.165) is 11.3 Å². The van der Waals surface area contributed by atoms with Crippen molar-refractivity contribution in [2.75, 3.05) is 6.61 Å². The number of hydrazone groups is 1. The predicted molar refractivity (Wildman–Crippen MR) is 96.4 cm³/mol. The third-order valence-corrected chi connectivity index (χ3v) is 3.58. The van der Waals surface area contributed by atoms with Gasteiger partial charge in [-0.15, -0.1) is 0 Å². The van der Waals surface area contributed by atoms with Gasteiger partial charge < -0.3 is 14.9 Å². The van der Waals surface area contributed by atoms with Gasteiger partial charge in [0.1, 0.15) is 5.75 Å². The number of phenols is 2. The van der Waals surface area contributed by atoms with Crippen LogP contribution in [-0.4, -0.2) is 28.9 Å². The van der Waals surface area contributed by atoms with E-state index in [1.54, 1.807) is 18.2 Å². The van der Waals surface area contributed by atoms with E-state index in [9.17, 15) is 15.0 Å². The molecule has 2 aromatic rings. The number of ether oxygens (including phenoxy) is 1. The number of hydrogen-bond acceptors (Lipinski definition) is 5. The number of halogens is 1. The van der Waals surface area contributed by atoms with Gasteiger partial charge in [0.15, 0.2) is 11.5 Å². The number of carbonyl (C=O) groups is 1. The van der Waals surface area contributed by atoms with Gasteiger partial charge in [-0.1, -0.05) is 11.6 Å². The molecule has 0 saturated heterocycles. The monoisotopic (exact) mass is 362 g/mol. The fourth-order valence-corrected chi connectivity index (χ4v) is 2.27. The number of carbonyl (C=O) groups excluding carboxylic acids is 1. The molecule has 0 aliphatic heterocycles. The molecule has 0 radical (unpaired) electrons. The Hall–Kier alpha value is -2.73. The minimum atomic E-state index is -0.245. The summed E-state index contributed by atoms with van der Waals surface area (Å²) >= 11 is 5.88. The molecule has 0 saturated carbocycles. The zero-order valence-electron chi connectivity index (χ0n) is 13.7. The van der Waals surface area contributed by atoms with E-state index >= 15 is 0 Å². The quantitative estimate of drug-likeness (QED) is 0.305. The lowest BCUT2D eigenvalue weighted by Gasteiger charge is -2.08. The molecule has 0 bridgehead atoms. The van der Waals surface area contributed by atoms with Crippen LogP contribution in [0, 0.1) is 6.92 Å². The molecule has 2 aromatic carbocycles. The first-order valence-corrected chi connectivity index (χ1v) is 8.06. The second-order valence-electron chi connectivity index (χ2n) is 5.40. The van der Waals surface area contributed by atoms with Crippen molar-refractivity contribution < 1.29 is 19.7 Å². The first kappa shape index (κ1) is 18.6. The lowest BCUT2D eigenvalue weighted by Crippen LogP contribution is -2.18. The Kier molecular flexibility index (Phi) is 6.65. The lowest BCUT2D eigenvalue weighted by molar-refractivity contribution is -0.121. The van der Waals surface area contributed by atoms with Gasteiger partial charge in [-0.2, -0.15) is 5.10 Å². The van der Waals surface area contributed by atoms with Crippen LogP contribution in [0.25, 0.3) is 0 Å². The number of aryl methyl sites for hydroxylation is 1. The summed E-state index contributed by atoms with van der Waals surface area (Å²) in [7, 11) is 0. The van der Waals surface area contributed by atoms with Crippen LogP contribution in [0.1, 0.15) is 24.0 Å². The summed E-state index contributed by atoms with van der Waals surface area (Å²) in [6.45, 7) is 2.31. The van der Waals surface area contributed by atoms with Gasteiger partial charge >= 0.3 is 0 Å². The van der Waals surface area contributed by atoms with Gasteiger partial charge in [-0.05, 0) is 60.9 Å². The summed E-state index contributed by atoms with van der Waals surface area (Å²) in [6.07, 6.45) is 2.19. The van der Waals surface area contributed by atoms with Crippen LogP contribution in [0.2, 0.25) is 5.02 Å². The normalized spacial score (nSPS) is 10.8. The number of benzene rings is 2. The van der Waals surface area contributed by atoms with E-state index in [4.69, 9.17) is 16.3 Å². The molecule has 3 N–H and O–H groups in total. The summed E-state index contributed by atoms with van der Waals surface area (Å²) < 4.78 is 5.61. The molecule has 0 spiro atoms. The number of hydrogen-bond donors (Lipinski definition) is 3. The van der Waals surface area contributed by atoms with Crippen LogP contribution >= 0.6 is 11.6 Å². The fraction of sp³-hybridized carbons (Fsp3) is 0.222. The Labute approximate surface area is 150 Å². The summed E-state index contributed by atoms with van der Waals surface area (Å²) in [5.41, 5.74) is 3.89. The van der Waals surface area contributed by atoms with Gasteiger partial charge in [-0.3, -0.25) is 4.79 Å². The van der Waals surface area contributed by atoms with Crippen LogP contribution in [0.3, 0.4) is 0 Å². The average molecular weight is 363 g/mol. The highest BCUT2D eigenvalue weighted by molar-refractivity contribution is 6.30. The number of nitrogens with one attached hydrogen (secondary N) is 1. The average Bonchev–Trinajstić information content (AvgIpc) is 2.56. The van der Waals surface area contributed by atoms with Crippen LogP contribution in [0.4, 0.5) is 0 Å². The smallest absolute Gasteiger partial charge is 0.240 e. The fourth-order valence-electron chi connectivity index (χ4n) is 2.05. The standard InChI is InChI=1S/C18H19ClN2O4/c1-12-9-14(19)5-7-17(12)25-8-2-3-18(24)21-20-11-13-4-6-15(22)16(23)10-13/h4-7,9-11,22-23H,2-3,8H2,1H3,(H,21,24)/b20-11+. The molecule has 2 rings (SSSR count). The maximum atomic E-state index is 11.7. The highest BCUT2D eigenvalue weighted by atomic mass is 35.5. The minimum Gasteiger partial charge on any atom is -0.504 e. The molecule has 0 fully saturated rings. The van der Waals surface area contributed by atoms with E-state index in [0.29, 0.717) is 23.6 Å². The summed E-state index contributed by atoms with van der Waals surface area (Å²) in [4.78, 5) is 11.7. The highest BCUT2D eigenvalue weighted by Gasteiger charge is 2.03. The van der Waals surface area contributed by atoms with Crippen molar-refractivity contribution in [1.29, 1.82) is 0 Å². The molecule has 0 heterocycles. The first-order valence-electron chi connectivity index (χ1n) is 7.68. The second kappa shape index (κ2) is 8.94. The highest BCUT2D eigenvalue weighted by Crippen LogP contribution is 2.24. The van der Waals surface area contributed by atoms with Crippen molar-refractivity contribution in [2.24, 2.45) is 5.10 Å². The third-order valence-electron chi connectivity index (χ3n) is 3.35.